The Morgan fingerprint density at radius 3 is 2.29 bits per heavy atom. The number of carbonyl (C=O) groups excluding carboxylic acids is 3. The Hall–Kier alpha value is -1.89. The minimum atomic E-state index is -0.671. The van der Waals surface area contributed by atoms with Crippen LogP contribution in [-0.2, 0) is 19.1 Å². The normalized spacial score (nSPS) is 25.4. The first-order valence-electron chi connectivity index (χ1n) is 13.4. The van der Waals surface area contributed by atoms with Gasteiger partial charge in [0.2, 0.25) is 11.8 Å². The highest BCUT2D eigenvalue weighted by molar-refractivity contribution is 5.91. The summed E-state index contributed by atoms with van der Waals surface area (Å²) in [5, 5.41) is 3.14. The molecular weight excluding hydrogens is 442 g/mol. The van der Waals surface area contributed by atoms with E-state index in [9.17, 15) is 14.4 Å². The quantitative estimate of drug-likeness (QED) is 0.410. The fourth-order valence-electron chi connectivity index (χ4n) is 5.66. The highest BCUT2D eigenvalue weighted by atomic mass is 16.5. The first-order chi connectivity index (χ1) is 16.3. The van der Waals surface area contributed by atoms with Crippen molar-refractivity contribution in [2.45, 2.75) is 98.7 Å². The van der Waals surface area contributed by atoms with Gasteiger partial charge in [0.1, 0.15) is 6.04 Å². The van der Waals surface area contributed by atoms with Gasteiger partial charge >= 0.3 is 5.97 Å². The Balaban J connectivity index is 2.21. The monoisotopic (exact) mass is 491 g/mol. The zero-order valence-electron chi connectivity index (χ0n) is 23.5. The third-order valence-corrected chi connectivity index (χ3v) is 7.85. The molecule has 1 saturated heterocycles. The van der Waals surface area contributed by atoms with Gasteiger partial charge in [0.25, 0.3) is 0 Å². The summed E-state index contributed by atoms with van der Waals surface area (Å²) < 4.78 is 5.12. The van der Waals surface area contributed by atoms with E-state index in [0.29, 0.717) is 24.0 Å². The first-order valence-corrected chi connectivity index (χ1v) is 13.4. The molecule has 7 heteroatoms. The highest BCUT2D eigenvalue weighted by Gasteiger charge is 2.42. The molecule has 200 valence electrons. The zero-order chi connectivity index (χ0) is 26.5. The standard InChI is InChI=1S/C28H49N3O4/c1-10-35-27(34)19(4)15-22(18(2)3)31(9)26(33)24(28(5,6)7)29-25(32)23-16-20-13-11-12-14-21(20)17-30(23)8/h15,18,20-24H,10-14,16-17H2,1-9H3,(H,29,32)/b19-15+/t20?,21?,22-,23?,24?/m1/s1. The van der Waals surface area contributed by atoms with Crippen LogP contribution in [0.2, 0.25) is 0 Å². The Kier molecular flexibility index (Phi) is 10.4. The van der Waals surface area contributed by atoms with Crippen LogP contribution in [0.3, 0.4) is 0 Å². The van der Waals surface area contributed by atoms with Crippen LogP contribution in [0, 0.1) is 23.2 Å². The lowest BCUT2D eigenvalue weighted by molar-refractivity contribution is -0.142. The number of hydrogen-bond acceptors (Lipinski definition) is 5. The lowest BCUT2D eigenvalue weighted by Gasteiger charge is -2.45. The summed E-state index contributed by atoms with van der Waals surface area (Å²) in [5.41, 5.74) is 0.00988. The van der Waals surface area contributed by atoms with Gasteiger partial charge in [-0.2, -0.15) is 0 Å². The number of nitrogens with zero attached hydrogens (tertiary/aromatic N) is 2. The molecule has 0 aromatic rings. The number of likely N-dealkylation sites (N-methyl/N-ethyl adjacent to an activating group) is 2. The second kappa shape index (κ2) is 12.4. The number of ether oxygens (including phenoxy) is 1. The molecule has 1 N–H and O–H groups in total. The lowest BCUT2D eigenvalue weighted by atomic mass is 9.73. The smallest absolute Gasteiger partial charge is 0.333 e. The maximum absolute atomic E-state index is 13.8. The number of rotatable bonds is 8. The number of nitrogens with one attached hydrogen (secondary N) is 1. The van der Waals surface area contributed by atoms with Crippen molar-refractivity contribution in [2.75, 3.05) is 27.2 Å². The van der Waals surface area contributed by atoms with Gasteiger partial charge in [0, 0.05) is 19.2 Å². The molecule has 1 saturated carbocycles. The van der Waals surface area contributed by atoms with E-state index in [2.05, 4.69) is 10.2 Å². The predicted octanol–water partition coefficient (Wildman–Crippen LogP) is 4.02. The molecule has 1 aliphatic carbocycles. The van der Waals surface area contributed by atoms with Gasteiger partial charge in [0.05, 0.1) is 18.7 Å². The van der Waals surface area contributed by atoms with Crippen LogP contribution < -0.4 is 5.32 Å². The maximum Gasteiger partial charge on any atom is 0.333 e. The fraction of sp³-hybridized carbons (Fsp3) is 0.821. The van der Waals surface area contributed by atoms with Crippen molar-refractivity contribution >= 4 is 17.8 Å². The molecule has 0 aromatic carbocycles. The van der Waals surface area contributed by atoms with E-state index in [0.717, 1.165) is 13.0 Å². The first kappa shape index (κ1) is 29.3. The number of carbonyl (C=O) groups is 3. The van der Waals surface area contributed by atoms with Gasteiger partial charge in [-0.25, -0.2) is 4.79 Å². The SMILES string of the molecule is CCOC(=O)/C(C)=C/[C@H](C(C)C)N(C)C(=O)C(NC(=O)C1CC2CCCCC2CN1C)C(C)(C)C. The Labute approximate surface area is 213 Å². The molecule has 1 aliphatic heterocycles. The molecule has 35 heavy (non-hydrogen) atoms. The lowest BCUT2D eigenvalue weighted by Crippen LogP contribution is -2.60. The third kappa shape index (κ3) is 7.55. The average Bonchev–Trinajstić information content (AvgIpc) is 2.78. The topological polar surface area (TPSA) is 79.0 Å². The summed E-state index contributed by atoms with van der Waals surface area (Å²) in [5.74, 6) is 0.788. The zero-order valence-corrected chi connectivity index (χ0v) is 23.5. The molecule has 2 fully saturated rings. The van der Waals surface area contributed by atoms with Crippen LogP contribution in [0.25, 0.3) is 0 Å². The van der Waals surface area contributed by atoms with E-state index < -0.39 is 11.5 Å². The Morgan fingerprint density at radius 2 is 1.74 bits per heavy atom. The van der Waals surface area contributed by atoms with Gasteiger partial charge in [0.15, 0.2) is 0 Å². The molecule has 0 spiro atoms. The Bertz CT molecular complexity index is 786. The molecule has 1 heterocycles. The number of piperidine rings is 1. The molecule has 0 aromatic heterocycles. The van der Waals surface area contributed by atoms with E-state index in [1.807, 2.05) is 41.7 Å². The van der Waals surface area contributed by atoms with E-state index in [1.165, 1.54) is 25.7 Å². The summed E-state index contributed by atoms with van der Waals surface area (Å²) in [6.45, 7) is 14.7. The van der Waals surface area contributed by atoms with Crippen molar-refractivity contribution in [1.82, 2.24) is 15.1 Å². The minimum absolute atomic E-state index is 0.0578. The van der Waals surface area contributed by atoms with Crippen molar-refractivity contribution in [3.8, 4) is 0 Å². The van der Waals surface area contributed by atoms with Crippen LogP contribution in [0.5, 0.6) is 0 Å². The average molecular weight is 492 g/mol. The van der Waals surface area contributed by atoms with Crippen LogP contribution in [0.1, 0.15) is 80.6 Å². The molecule has 7 nitrogen and oxygen atoms in total. The Morgan fingerprint density at radius 1 is 1.14 bits per heavy atom. The molecule has 2 rings (SSSR count). The molecule has 2 aliphatic rings. The molecule has 4 unspecified atom stereocenters. The summed E-state index contributed by atoms with van der Waals surface area (Å²) >= 11 is 0. The third-order valence-electron chi connectivity index (χ3n) is 7.85. The van der Waals surface area contributed by atoms with Crippen LogP contribution in [0.4, 0.5) is 0 Å². The summed E-state index contributed by atoms with van der Waals surface area (Å²) in [4.78, 5) is 43.3. The minimum Gasteiger partial charge on any atom is -0.463 e. The van der Waals surface area contributed by atoms with Crippen molar-refractivity contribution in [2.24, 2.45) is 23.2 Å². The van der Waals surface area contributed by atoms with Crippen LogP contribution in [-0.4, -0.2) is 73.0 Å². The highest BCUT2D eigenvalue weighted by Crippen LogP contribution is 2.38. The van der Waals surface area contributed by atoms with E-state index >= 15 is 0 Å². The van der Waals surface area contributed by atoms with Gasteiger partial charge in [-0.05, 0) is 56.9 Å². The van der Waals surface area contributed by atoms with Gasteiger partial charge in [-0.15, -0.1) is 0 Å². The van der Waals surface area contributed by atoms with E-state index in [4.69, 9.17) is 4.74 Å². The fourth-order valence-corrected chi connectivity index (χ4v) is 5.66. The molecule has 0 bridgehead atoms. The summed E-state index contributed by atoms with van der Waals surface area (Å²) in [6.07, 6.45) is 7.67. The summed E-state index contributed by atoms with van der Waals surface area (Å²) in [6, 6.07) is -1.17. The number of esters is 1. The molecular formula is C28H49N3O4. The van der Waals surface area contributed by atoms with Gasteiger partial charge < -0.3 is 15.0 Å². The number of likely N-dealkylation sites (tertiary alicyclic amines) is 1. The summed E-state index contributed by atoms with van der Waals surface area (Å²) in [7, 11) is 3.79. The van der Waals surface area contributed by atoms with E-state index in [1.54, 1.807) is 31.9 Å². The second-order valence-electron chi connectivity index (χ2n) is 12.1. The van der Waals surface area contributed by atoms with E-state index in [-0.39, 0.29) is 35.8 Å². The van der Waals surface area contributed by atoms with Crippen LogP contribution in [0.15, 0.2) is 11.6 Å². The number of amides is 2. The predicted molar refractivity (Wildman–Crippen MR) is 140 cm³/mol. The van der Waals surface area contributed by atoms with Gasteiger partial charge in [-0.1, -0.05) is 60.0 Å². The van der Waals surface area contributed by atoms with Crippen molar-refractivity contribution in [3.63, 3.8) is 0 Å². The largest absolute Gasteiger partial charge is 0.463 e. The number of fused-ring (bicyclic) bond motifs is 1. The van der Waals surface area contributed by atoms with Crippen molar-refractivity contribution in [1.29, 1.82) is 0 Å². The second-order valence-corrected chi connectivity index (χ2v) is 12.1. The molecule has 5 atom stereocenters. The van der Waals surface area contributed by atoms with Crippen molar-refractivity contribution < 1.29 is 19.1 Å². The molecule has 2 amide bonds. The number of hydrogen-bond donors (Lipinski definition) is 1. The molecule has 0 radical (unpaired) electrons. The van der Waals surface area contributed by atoms with Gasteiger partial charge in [-0.3, -0.25) is 14.5 Å². The van der Waals surface area contributed by atoms with Crippen molar-refractivity contribution in [3.05, 3.63) is 11.6 Å². The van der Waals surface area contributed by atoms with Crippen LogP contribution >= 0.6 is 0 Å². The maximum atomic E-state index is 13.8.